The Labute approximate surface area is 96.8 Å². The van der Waals surface area contributed by atoms with Crippen molar-refractivity contribution < 1.29 is 14.7 Å². The van der Waals surface area contributed by atoms with Crippen LogP contribution in [0.5, 0.6) is 0 Å². The molecule has 16 heavy (non-hydrogen) atoms. The summed E-state index contributed by atoms with van der Waals surface area (Å²) in [7, 11) is 0. The summed E-state index contributed by atoms with van der Waals surface area (Å²) in [6.07, 6.45) is 0. The van der Waals surface area contributed by atoms with E-state index in [2.05, 4.69) is 10.2 Å². The summed E-state index contributed by atoms with van der Waals surface area (Å²) < 4.78 is 0. The molecule has 0 saturated heterocycles. The van der Waals surface area contributed by atoms with E-state index >= 15 is 0 Å². The molecule has 0 aromatic rings. The second-order valence-electron chi connectivity index (χ2n) is 4.31. The van der Waals surface area contributed by atoms with Crippen LogP contribution in [0.15, 0.2) is 0 Å². The minimum Gasteiger partial charge on any atom is -0.481 e. The van der Waals surface area contributed by atoms with Gasteiger partial charge in [-0.2, -0.15) is 0 Å². The van der Waals surface area contributed by atoms with E-state index in [1.807, 2.05) is 13.8 Å². The van der Waals surface area contributed by atoms with Gasteiger partial charge in [0.25, 0.3) is 0 Å². The number of hydrogen-bond donors (Lipinski definition) is 2. The van der Waals surface area contributed by atoms with E-state index in [0.29, 0.717) is 19.6 Å². The molecule has 0 spiro atoms. The number of nitrogens with zero attached hydrogens (tertiary/aromatic N) is 1. The maximum Gasteiger partial charge on any atom is 0.307 e. The van der Waals surface area contributed by atoms with E-state index in [9.17, 15) is 9.59 Å². The first-order valence-corrected chi connectivity index (χ1v) is 5.56. The Morgan fingerprint density at radius 2 is 1.88 bits per heavy atom. The van der Waals surface area contributed by atoms with E-state index in [1.54, 1.807) is 6.92 Å². The monoisotopic (exact) mass is 230 g/mol. The topological polar surface area (TPSA) is 69.6 Å². The lowest BCUT2D eigenvalue weighted by molar-refractivity contribution is -0.142. The number of carbonyl (C=O) groups is 2. The number of carboxylic acids is 1. The highest BCUT2D eigenvalue weighted by Crippen LogP contribution is 2.04. The molecule has 5 nitrogen and oxygen atoms in total. The normalized spacial score (nSPS) is 12.9. The van der Waals surface area contributed by atoms with Crippen LogP contribution in [0, 0.1) is 5.92 Å². The van der Waals surface area contributed by atoms with Gasteiger partial charge < -0.3 is 10.4 Å². The van der Waals surface area contributed by atoms with Crippen LogP contribution < -0.4 is 5.32 Å². The SMILES string of the molecule is CC(=O)NCCN(CC(C)C(=O)O)C(C)C. The average molecular weight is 230 g/mol. The lowest BCUT2D eigenvalue weighted by atomic mass is 10.1. The lowest BCUT2D eigenvalue weighted by Crippen LogP contribution is -2.41. The molecule has 0 radical (unpaired) electrons. The molecule has 1 unspecified atom stereocenters. The Hall–Kier alpha value is -1.10. The lowest BCUT2D eigenvalue weighted by Gasteiger charge is -2.28. The van der Waals surface area contributed by atoms with Gasteiger partial charge in [0.2, 0.25) is 5.91 Å². The van der Waals surface area contributed by atoms with Gasteiger partial charge in [0.05, 0.1) is 5.92 Å². The van der Waals surface area contributed by atoms with Crippen molar-refractivity contribution in [1.29, 1.82) is 0 Å². The Morgan fingerprint density at radius 3 is 2.25 bits per heavy atom. The molecule has 1 atom stereocenters. The summed E-state index contributed by atoms with van der Waals surface area (Å²) in [5.74, 6) is -1.24. The second kappa shape index (κ2) is 7.22. The van der Waals surface area contributed by atoms with E-state index in [1.165, 1.54) is 6.92 Å². The molecule has 0 aromatic carbocycles. The first kappa shape index (κ1) is 14.9. The minimum absolute atomic E-state index is 0.0602. The van der Waals surface area contributed by atoms with Crippen molar-refractivity contribution in [3.05, 3.63) is 0 Å². The highest BCUT2D eigenvalue weighted by Gasteiger charge is 2.17. The third-order valence-corrected chi connectivity index (χ3v) is 2.43. The molecule has 5 heteroatoms. The Morgan fingerprint density at radius 1 is 1.31 bits per heavy atom. The third kappa shape index (κ3) is 6.40. The van der Waals surface area contributed by atoms with E-state index < -0.39 is 5.97 Å². The van der Waals surface area contributed by atoms with Crippen LogP contribution in [0.2, 0.25) is 0 Å². The van der Waals surface area contributed by atoms with Crippen LogP contribution in [-0.4, -0.2) is 47.6 Å². The van der Waals surface area contributed by atoms with Crippen molar-refractivity contribution >= 4 is 11.9 Å². The van der Waals surface area contributed by atoms with Crippen molar-refractivity contribution in [2.75, 3.05) is 19.6 Å². The molecular weight excluding hydrogens is 208 g/mol. The smallest absolute Gasteiger partial charge is 0.307 e. The van der Waals surface area contributed by atoms with Crippen LogP contribution in [0.3, 0.4) is 0 Å². The fourth-order valence-electron chi connectivity index (χ4n) is 1.37. The van der Waals surface area contributed by atoms with Crippen LogP contribution >= 0.6 is 0 Å². The zero-order valence-electron chi connectivity index (χ0n) is 10.5. The molecule has 0 aliphatic rings. The molecule has 0 aromatic heterocycles. The van der Waals surface area contributed by atoms with Gasteiger partial charge in [0.15, 0.2) is 0 Å². The van der Waals surface area contributed by atoms with Crippen molar-refractivity contribution in [2.45, 2.75) is 33.7 Å². The van der Waals surface area contributed by atoms with Crippen LogP contribution in [0.4, 0.5) is 0 Å². The van der Waals surface area contributed by atoms with Gasteiger partial charge in [0.1, 0.15) is 0 Å². The number of carbonyl (C=O) groups excluding carboxylic acids is 1. The summed E-state index contributed by atoms with van der Waals surface area (Å²) in [5, 5.41) is 11.5. The highest BCUT2D eigenvalue weighted by molar-refractivity contribution is 5.72. The summed E-state index contributed by atoms with van der Waals surface area (Å²) in [6, 6.07) is 0.274. The number of rotatable bonds is 7. The third-order valence-electron chi connectivity index (χ3n) is 2.43. The molecule has 0 aliphatic heterocycles. The number of aliphatic carboxylic acids is 1. The van der Waals surface area contributed by atoms with Gasteiger partial charge in [-0.3, -0.25) is 14.5 Å². The Balaban J connectivity index is 4.07. The predicted molar refractivity (Wildman–Crippen MR) is 62.2 cm³/mol. The maximum absolute atomic E-state index is 10.7. The Bertz CT molecular complexity index is 241. The van der Waals surface area contributed by atoms with Gasteiger partial charge in [-0.1, -0.05) is 6.92 Å². The molecule has 0 fully saturated rings. The highest BCUT2D eigenvalue weighted by atomic mass is 16.4. The molecule has 1 amide bonds. The summed E-state index contributed by atoms with van der Waals surface area (Å²) >= 11 is 0. The Kier molecular flexibility index (Phi) is 6.72. The number of carboxylic acid groups (broad SMARTS) is 1. The van der Waals surface area contributed by atoms with Crippen molar-refractivity contribution in [1.82, 2.24) is 10.2 Å². The molecular formula is C11H22N2O3. The standard InChI is InChI=1S/C11H22N2O3/c1-8(2)13(6-5-12-10(4)14)7-9(3)11(15)16/h8-9H,5-7H2,1-4H3,(H,12,14)(H,15,16). The molecule has 0 bridgehead atoms. The average Bonchev–Trinajstić information content (AvgIpc) is 2.14. The fraction of sp³-hybridized carbons (Fsp3) is 0.818. The van der Waals surface area contributed by atoms with Crippen molar-refractivity contribution in [3.8, 4) is 0 Å². The first-order chi connectivity index (χ1) is 7.34. The molecule has 0 rings (SSSR count). The number of nitrogens with one attached hydrogen (secondary N) is 1. The molecule has 0 saturated carbocycles. The van der Waals surface area contributed by atoms with Crippen LogP contribution in [-0.2, 0) is 9.59 Å². The van der Waals surface area contributed by atoms with Crippen molar-refractivity contribution in [2.24, 2.45) is 5.92 Å². The van der Waals surface area contributed by atoms with Gasteiger partial charge in [-0.05, 0) is 13.8 Å². The van der Waals surface area contributed by atoms with Gasteiger partial charge in [-0.15, -0.1) is 0 Å². The van der Waals surface area contributed by atoms with Gasteiger partial charge in [0, 0.05) is 32.6 Å². The fourth-order valence-corrected chi connectivity index (χ4v) is 1.37. The molecule has 0 heterocycles. The van der Waals surface area contributed by atoms with Crippen LogP contribution in [0.25, 0.3) is 0 Å². The minimum atomic E-state index is -0.787. The molecule has 0 aliphatic carbocycles. The van der Waals surface area contributed by atoms with Gasteiger partial charge >= 0.3 is 5.97 Å². The van der Waals surface area contributed by atoms with E-state index in [4.69, 9.17) is 5.11 Å². The molecule has 2 N–H and O–H groups in total. The van der Waals surface area contributed by atoms with E-state index in [0.717, 1.165) is 0 Å². The molecule has 94 valence electrons. The second-order valence-corrected chi connectivity index (χ2v) is 4.31. The van der Waals surface area contributed by atoms with Crippen molar-refractivity contribution in [3.63, 3.8) is 0 Å². The van der Waals surface area contributed by atoms with Crippen LogP contribution in [0.1, 0.15) is 27.7 Å². The predicted octanol–water partition coefficient (Wildman–Crippen LogP) is 0.554. The summed E-state index contributed by atoms with van der Waals surface area (Å²) in [4.78, 5) is 23.5. The summed E-state index contributed by atoms with van der Waals surface area (Å²) in [5.41, 5.74) is 0. The van der Waals surface area contributed by atoms with E-state index in [-0.39, 0.29) is 17.9 Å². The zero-order chi connectivity index (χ0) is 12.7. The van der Waals surface area contributed by atoms with Gasteiger partial charge in [-0.25, -0.2) is 0 Å². The number of amides is 1. The zero-order valence-corrected chi connectivity index (χ0v) is 10.5. The quantitative estimate of drug-likeness (QED) is 0.670. The number of hydrogen-bond acceptors (Lipinski definition) is 3. The largest absolute Gasteiger partial charge is 0.481 e. The maximum atomic E-state index is 10.7. The first-order valence-electron chi connectivity index (χ1n) is 5.56. The summed E-state index contributed by atoms with van der Waals surface area (Å²) in [6.45, 7) is 8.93.